The molecule has 77 valence electrons. The maximum atomic E-state index is 5.19. The normalized spacial score (nSPS) is 13.2. The second kappa shape index (κ2) is 5.05. The quantitative estimate of drug-likeness (QED) is 0.735. The van der Waals surface area contributed by atoms with Crippen molar-refractivity contribution in [1.82, 2.24) is 9.97 Å². The fourth-order valence-electron chi connectivity index (χ4n) is 1.16. The van der Waals surface area contributed by atoms with Crippen molar-refractivity contribution in [3.63, 3.8) is 0 Å². The van der Waals surface area contributed by atoms with Crippen LogP contribution >= 0.6 is 0 Å². The molecule has 0 saturated heterocycles. The second-order valence-electron chi connectivity index (χ2n) is 3.81. The average Bonchev–Trinajstić information content (AvgIpc) is 2.16. The molecule has 3 nitrogen and oxygen atoms in total. The van der Waals surface area contributed by atoms with Gasteiger partial charge in [0.1, 0.15) is 5.82 Å². The van der Waals surface area contributed by atoms with Crippen LogP contribution in [0.3, 0.4) is 0 Å². The molecular weight excluding hydrogens is 176 g/mol. The van der Waals surface area contributed by atoms with E-state index in [9.17, 15) is 0 Å². The largest absolute Gasteiger partial charge is 0.375 e. The smallest absolute Gasteiger partial charge is 0.129 e. The highest BCUT2D eigenvalue weighted by Crippen LogP contribution is 2.12. The summed E-state index contributed by atoms with van der Waals surface area (Å²) in [4.78, 5) is 8.52. The molecule has 1 aromatic heterocycles. The summed E-state index contributed by atoms with van der Waals surface area (Å²) in [5.74, 6) is 1.41. The minimum Gasteiger partial charge on any atom is -0.375 e. The molecule has 0 bridgehead atoms. The van der Waals surface area contributed by atoms with Crippen LogP contribution in [0.5, 0.6) is 0 Å². The summed E-state index contributed by atoms with van der Waals surface area (Å²) in [6, 6.07) is 1.78. The lowest BCUT2D eigenvalue weighted by Crippen LogP contribution is -2.06. The Morgan fingerprint density at radius 1 is 1.43 bits per heavy atom. The molecule has 1 unspecified atom stereocenters. The van der Waals surface area contributed by atoms with Gasteiger partial charge in [0.15, 0.2) is 0 Å². The Morgan fingerprint density at radius 2 is 2.14 bits per heavy atom. The third-order valence-electron chi connectivity index (χ3n) is 2.03. The number of nitrogens with zero attached hydrogens (tertiary/aromatic N) is 2. The van der Waals surface area contributed by atoms with E-state index in [4.69, 9.17) is 4.74 Å². The highest BCUT2D eigenvalue weighted by atomic mass is 16.5. The standard InChI is InChI=1S/C11H17N2O/c1-8(2)7-11-12-6-5-10(13-11)9(3)14-4/h5,8-9H,7H2,1-4H3. The molecule has 1 atom stereocenters. The molecular formula is C11H17N2O. The van der Waals surface area contributed by atoms with Gasteiger partial charge in [0, 0.05) is 13.5 Å². The number of hydrogen-bond acceptors (Lipinski definition) is 3. The van der Waals surface area contributed by atoms with E-state index in [0.29, 0.717) is 5.92 Å². The minimum absolute atomic E-state index is 0.0140. The molecule has 0 aliphatic rings. The lowest BCUT2D eigenvalue weighted by atomic mass is 10.1. The van der Waals surface area contributed by atoms with E-state index in [-0.39, 0.29) is 6.10 Å². The van der Waals surface area contributed by atoms with E-state index in [2.05, 4.69) is 30.0 Å². The summed E-state index contributed by atoms with van der Waals surface area (Å²) in [7, 11) is 1.68. The molecule has 3 heteroatoms. The fourth-order valence-corrected chi connectivity index (χ4v) is 1.16. The Balaban J connectivity index is 2.78. The van der Waals surface area contributed by atoms with Gasteiger partial charge < -0.3 is 4.74 Å². The van der Waals surface area contributed by atoms with Crippen LogP contribution < -0.4 is 0 Å². The van der Waals surface area contributed by atoms with Crippen molar-refractivity contribution in [3.8, 4) is 0 Å². The van der Waals surface area contributed by atoms with Crippen molar-refractivity contribution >= 4 is 0 Å². The first-order chi connectivity index (χ1) is 6.63. The lowest BCUT2D eigenvalue weighted by Gasteiger charge is -2.10. The molecule has 0 N–H and O–H groups in total. The maximum Gasteiger partial charge on any atom is 0.129 e. The van der Waals surface area contributed by atoms with Crippen LogP contribution in [0, 0.1) is 12.1 Å². The number of aromatic nitrogens is 2. The summed E-state index contributed by atoms with van der Waals surface area (Å²) < 4.78 is 5.19. The summed E-state index contributed by atoms with van der Waals surface area (Å²) in [5, 5.41) is 0. The maximum absolute atomic E-state index is 5.19. The van der Waals surface area contributed by atoms with Crippen LogP contribution in [-0.4, -0.2) is 17.1 Å². The van der Waals surface area contributed by atoms with Crippen molar-refractivity contribution in [3.05, 3.63) is 23.8 Å². The van der Waals surface area contributed by atoms with E-state index in [1.165, 1.54) is 0 Å². The van der Waals surface area contributed by atoms with Gasteiger partial charge in [-0.25, -0.2) is 9.97 Å². The van der Waals surface area contributed by atoms with Crippen LogP contribution in [-0.2, 0) is 11.2 Å². The van der Waals surface area contributed by atoms with Crippen molar-refractivity contribution < 1.29 is 4.74 Å². The monoisotopic (exact) mass is 193 g/mol. The van der Waals surface area contributed by atoms with Gasteiger partial charge in [0.05, 0.1) is 18.0 Å². The Kier molecular flexibility index (Phi) is 4.01. The van der Waals surface area contributed by atoms with E-state index in [1.54, 1.807) is 13.2 Å². The van der Waals surface area contributed by atoms with Crippen LogP contribution in [0.4, 0.5) is 0 Å². The van der Waals surface area contributed by atoms with Crippen LogP contribution in [0.1, 0.15) is 38.4 Å². The molecule has 0 aliphatic heterocycles. The van der Waals surface area contributed by atoms with E-state index >= 15 is 0 Å². The zero-order chi connectivity index (χ0) is 10.6. The third-order valence-corrected chi connectivity index (χ3v) is 2.03. The summed E-state index contributed by atoms with van der Waals surface area (Å²) in [5.41, 5.74) is 0.901. The third kappa shape index (κ3) is 3.07. The fraction of sp³-hybridized carbons (Fsp3) is 0.636. The van der Waals surface area contributed by atoms with E-state index < -0.39 is 0 Å². The highest BCUT2D eigenvalue weighted by molar-refractivity contribution is 5.04. The first-order valence-electron chi connectivity index (χ1n) is 4.90. The second-order valence-corrected chi connectivity index (χ2v) is 3.81. The molecule has 0 saturated carbocycles. The SMILES string of the molecule is COC(C)c1c[c]nc(CC(C)C)n1. The summed E-state index contributed by atoms with van der Waals surface area (Å²) in [6.07, 6.45) is 3.76. The van der Waals surface area contributed by atoms with Gasteiger partial charge in [-0.05, 0) is 18.9 Å². The number of ether oxygens (including phenoxy) is 1. The molecule has 0 aliphatic carbocycles. The van der Waals surface area contributed by atoms with Gasteiger partial charge in [0.2, 0.25) is 0 Å². The number of hydrogen-bond donors (Lipinski definition) is 0. The Morgan fingerprint density at radius 3 is 2.71 bits per heavy atom. The average molecular weight is 193 g/mol. The van der Waals surface area contributed by atoms with Crippen LogP contribution in [0.25, 0.3) is 0 Å². The molecule has 1 aromatic rings. The van der Waals surface area contributed by atoms with Gasteiger partial charge in [-0.15, -0.1) is 0 Å². The molecule has 1 heterocycles. The first-order valence-corrected chi connectivity index (χ1v) is 4.90. The minimum atomic E-state index is 0.0140. The zero-order valence-corrected chi connectivity index (χ0v) is 9.24. The predicted octanol–water partition coefficient (Wildman–Crippen LogP) is 2.18. The Hall–Kier alpha value is -0.960. The van der Waals surface area contributed by atoms with Gasteiger partial charge in [-0.1, -0.05) is 13.8 Å². The van der Waals surface area contributed by atoms with E-state index in [1.807, 2.05) is 6.92 Å². The van der Waals surface area contributed by atoms with Crippen molar-refractivity contribution in [2.24, 2.45) is 5.92 Å². The topological polar surface area (TPSA) is 35.0 Å². The summed E-state index contributed by atoms with van der Waals surface area (Å²) >= 11 is 0. The summed E-state index contributed by atoms with van der Waals surface area (Å²) in [6.45, 7) is 6.26. The first kappa shape index (κ1) is 11.1. The number of rotatable bonds is 4. The molecule has 14 heavy (non-hydrogen) atoms. The van der Waals surface area contributed by atoms with Gasteiger partial charge in [-0.3, -0.25) is 0 Å². The molecule has 1 radical (unpaired) electrons. The Labute approximate surface area is 85.5 Å². The van der Waals surface area contributed by atoms with Crippen molar-refractivity contribution in [2.75, 3.05) is 7.11 Å². The van der Waals surface area contributed by atoms with Crippen molar-refractivity contribution in [1.29, 1.82) is 0 Å². The highest BCUT2D eigenvalue weighted by Gasteiger charge is 2.07. The molecule has 1 rings (SSSR count). The predicted molar refractivity (Wildman–Crippen MR) is 54.8 cm³/mol. The van der Waals surface area contributed by atoms with Gasteiger partial charge in [0.25, 0.3) is 0 Å². The molecule has 0 aromatic carbocycles. The van der Waals surface area contributed by atoms with Gasteiger partial charge >= 0.3 is 0 Å². The van der Waals surface area contributed by atoms with E-state index in [0.717, 1.165) is 17.9 Å². The Bertz CT molecular complexity index is 286. The molecule has 0 amide bonds. The van der Waals surface area contributed by atoms with Crippen molar-refractivity contribution in [2.45, 2.75) is 33.3 Å². The number of methoxy groups -OCH3 is 1. The lowest BCUT2D eigenvalue weighted by molar-refractivity contribution is 0.115. The van der Waals surface area contributed by atoms with Crippen LogP contribution in [0.2, 0.25) is 0 Å². The zero-order valence-electron chi connectivity index (χ0n) is 9.24. The van der Waals surface area contributed by atoms with Gasteiger partial charge in [-0.2, -0.15) is 0 Å². The molecule has 0 spiro atoms. The molecule has 0 fully saturated rings. The van der Waals surface area contributed by atoms with Crippen LogP contribution in [0.15, 0.2) is 6.07 Å².